The molecule has 1 saturated carbocycles. The van der Waals surface area contributed by atoms with Crippen LogP contribution in [0.15, 0.2) is 24.3 Å². The summed E-state index contributed by atoms with van der Waals surface area (Å²) in [5, 5.41) is 12.0. The Morgan fingerprint density at radius 1 is 1.16 bits per heavy atom. The van der Waals surface area contributed by atoms with Crippen LogP contribution in [-0.2, 0) is 21.4 Å². The Morgan fingerprint density at radius 2 is 1.76 bits per heavy atom. The molecule has 3 N–H and O–H groups in total. The van der Waals surface area contributed by atoms with Gasteiger partial charge in [0.2, 0.25) is 10.0 Å². The van der Waals surface area contributed by atoms with E-state index in [9.17, 15) is 18.0 Å². The fourth-order valence-electron chi connectivity index (χ4n) is 3.07. The van der Waals surface area contributed by atoms with E-state index in [-0.39, 0.29) is 24.6 Å². The molecule has 0 saturated heterocycles. The highest BCUT2D eigenvalue weighted by molar-refractivity contribution is 7.89. The lowest BCUT2D eigenvalue weighted by atomic mass is 9.92. The Morgan fingerprint density at radius 3 is 2.28 bits per heavy atom. The SMILES string of the molecule is CCS(=O)(=O)NCc1ccc(C(=O)NC2(CC(=O)O)CCCC2)cc1. The Hall–Kier alpha value is -1.93. The standard InChI is InChI=1S/C17H24N2O5S/c1-2-25(23,24)18-12-13-5-7-14(8-6-13)16(22)19-17(11-15(20)21)9-3-4-10-17/h5-8,18H,2-4,9-12H2,1H3,(H,19,22)(H,20,21). The van der Waals surface area contributed by atoms with Crippen molar-refractivity contribution in [3.63, 3.8) is 0 Å². The number of carbonyl (C=O) groups excluding carboxylic acids is 1. The third-order valence-corrected chi connectivity index (χ3v) is 5.87. The summed E-state index contributed by atoms with van der Waals surface area (Å²) in [6.07, 6.45) is 3.08. The van der Waals surface area contributed by atoms with E-state index in [2.05, 4.69) is 10.0 Å². The second kappa shape index (κ2) is 7.97. The van der Waals surface area contributed by atoms with Gasteiger partial charge in [0, 0.05) is 12.1 Å². The summed E-state index contributed by atoms with van der Waals surface area (Å²) in [6.45, 7) is 1.73. The van der Waals surface area contributed by atoms with Gasteiger partial charge in [-0.15, -0.1) is 0 Å². The van der Waals surface area contributed by atoms with E-state index in [0.717, 1.165) is 18.4 Å². The van der Waals surface area contributed by atoms with Gasteiger partial charge in [-0.05, 0) is 37.5 Å². The molecule has 0 radical (unpaired) electrons. The summed E-state index contributed by atoms with van der Waals surface area (Å²) in [5.74, 6) is -1.20. The van der Waals surface area contributed by atoms with Crippen molar-refractivity contribution in [3.05, 3.63) is 35.4 Å². The zero-order valence-corrected chi connectivity index (χ0v) is 15.1. The molecule has 0 atom stereocenters. The van der Waals surface area contributed by atoms with Crippen LogP contribution in [0.5, 0.6) is 0 Å². The Balaban J connectivity index is 2.01. The maximum Gasteiger partial charge on any atom is 0.305 e. The van der Waals surface area contributed by atoms with Gasteiger partial charge >= 0.3 is 5.97 Å². The minimum absolute atomic E-state index is 0.0130. The van der Waals surface area contributed by atoms with Crippen LogP contribution in [0.1, 0.15) is 54.9 Å². The van der Waals surface area contributed by atoms with Crippen molar-refractivity contribution in [2.45, 2.75) is 51.1 Å². The largest absolute Gasteiger partial charge is 0.481 e. The lowest BCUT2D eigenvalue weighted by molar-refractivity contribution is -0.138. The van der Waals surface area contributed by atoms with Crippen LogP contribution in [0.3, 0.4) is 0 Å². The van der Waals surface area contributed by atoms with Crippen LogP contribution < -0.4 is 10.0 Å². The van der Waals surface area contributed by atoms with Crippen LogP contribution in [0, 0.1) is 0 Å². The average Bonchev–Trinajstić information content (AvgIpc) is 3.00. The summed E-state index contributed by atoms with van der Waals surface area (Å²) < 4.78 is 25.3. The van der Waals surface area contributed by atoms with E-state index in [1.54, 1.807) is 31.2 Å². The van der Waals surface area contributed by atoms with Crippen molar-refractivity contribution in [1.29, 1.82) is 0 Å². The molecule has 7 nitrogen and oxygen atoms in total. The highest BCUT2D eigenvalue weighted by atomic mass is 32.2. The average molecular weight is 368 g/mol. The summed E-state index contributed by atoms with van der Waals surface area (Å²) >= 11 is 0. The van der Waals surface area contributed by atoms with Gasteiger partial charge in [-0.1, -0.05) is 25.0 Å². The lowest BCUT2D eigenvalue weighted by Gasteiger charge is -2.28. The van der Waals surface area contributed by atoms with Gasteiger partial charge in [0.15, 0.2) is 0 Å². The number of carboxylic acids is 1. The first-order valence-corrected chi connectivity index (χ1v) is 10.0. The molecule has 1 aromatic carbocycles. The molecular formula is C17H24N2O5S. The van der Waals surface area contributed by atoms with Gasteiger partial charge in [0.25, 0.3) is 5.91 Å². The number of carbonyl (C=O) groups is 2. The molecule has 2 rings (SSSR count). The van der Waals surface area contributed by atoms with E-state index >= 15 is 0 Å². The van der Waals surface area contributed by atoms with Gasteiger partial charge in [-0.25, -0.2) is 13.1 Å². The second-order valence-electron chi connectivity index (χ2n) is 6.43. The number of sulfonamides is 1. The fraction of sp³-hybridized carbons (Fsp3) is 0.529. The minimum atomic E-state index is -3.26. The number of benzene rings is 1. The molecule has 1 aromatic rings. The van der Waals surface area contributed by atoms with E-state index in [1.165, 1.54) is 0 Å². The number of hydrogen-bond acceptors (Lipinski definition) is 4. The van der Waals surface area contributed by atoms with Gasteiger partial charge < -0.3 is 10.4 Å². The van der Waals surface area contributed by atoms with Crippen molar-refractivity contribution >= 4 is 21.9 Å². The predicted molar refractivity (Wildman–Crippen MR) is 93.7 cm³/mol. The Labute approximate surface area is 147 Å². The molecule has 0 heterocycles. The third kappa shape index (κ3) is 5.54. The first kappa shape index (κ1) is 19.4. The third-order valence-electron chi connectivity index (χ3n) is 4.52. The number of amides is 1. The highest BCUT2D eigenvalue weighted by Gasteiger charge is 2.37. The second-order valence-corrected chi connectivity index (χ2v) is 8.53. The van der Waals surface area contributed by atoms with Gasteiger partial charge in [-0.2, -0.15) is 0 Å². The number of hydrogen-bond donors (Lipinski definition) is 3. The highest BCUT2D eigenvalue weighted by Crippen LogP contribution is 2.33. The number of carboxylic acid groups (broad SMARTS) is 1. The van der Waals surface area contributed by atoms with Crippen LogP contribution in [0.4, 0.5) is 0 Å². The van der Waals surface area contributed by atoms with Crippen molar-refractivity contribution in [2.24, 2.45) is 0 Å². The first-order valence-electron chi connectivity index (χ1n) is 8.36. The predicted octanol–water partition coefficient (Wildman–Crippen LogP) is 1.64. The Bertz CT molecular complexity index is 722. The zero-order valence-electron chi connectivity index (χ0n) is 14.2. The molecule has 1 amide bonds. The molecule has 8 heteroatoms. The molecule has 0 aliphatic heterocycles. The summed E-state index contributed by atoms with van der Waals surface area (Å²) in [6, 6.07) is 6.61. The van der Waals surface area contributed by atoms with Gasteiger partial charge in [0.1, 0.15) is 0 Å². The maximum absolute atomic E-state index is 12.4. The van der Waals surface area contributed by atoms with Gasteiger partial charge in [-0.3, -0.25) is 9.59 Å². The molecule has 1 fully saturated rings. The molecule has 138 valence electrons. The molecule has 0 unspecified atom stereocenters. The van der Waals surface area contributed by atoms with Crippen LogP contribution in [-0.4, -0.2) is 36.7 Å². The quantitative estimate of drug-likeness (QED) is 0.646. The molecule has 25 heavy (non-hydrogen) atoms. The lowest BCUT2D eigenvalue weighted by Crippen LogP contribution is -2.47. The van der Waals surface area contributed by atoms with Crippen LogP contribution >= 0.6 is 0 Å². The van der Waals surface area contributed by atoms with Crippen molar-refractivity contribution in [2.75, 3.05) is 5.75 Å². The molecule has 0 spiro atoms. The van der Waals surface area contributed by atoms with Crippen molar-refractivity contribution in [1.82, 2.24) is 10.0 Å². The maximum atomic E-state index is 12.4. The number of aliphatic carboxylic acids is 1. The smallest absolute Gasteiger partial charge is 0.305 e. The molecule has 0 bridgehead atoms. The van der Waals surface area contributed by atoms with E-state index in [0.29, 0.717) is 18.4 Å². The first-order chi connectivity index (χ1) is 11.8. The molecule has 0 aromatic heterocycles. The summed E-state index contributed by atoms with van der Waals surface area (Å²) in [5.41, 5.74) is 0.506. The van der Waals surface area contributed by atoms with Crippen molar-refractivity contribution < 1.29 is 23.1 Å². The van der Waals surface area contributed by atoms with Gasteiger partial charge in [0.05, 0.1) is 17.7 Å². The summed E-state index contributed by atoms with van der Waals surface area (Å²) in [4.78, 5) is 23.5. The van der Waals surface area contributed by atoms with Crippen molar-refractivity contribution in [3.8, 4) is 0 Å². The monoisotopic (exact) mass is 368 g/mol. The molecule has 1 aliphatic carbocycles. The Kier molecular flexibility index (Phi) is 6.18. The molecular weight excluding hydrogens is 344 g/mol. The van der Waals surface area contributed by atoms with E-state index in [1.807, 2.05) is 0 Å². The fourth-order valence-corrected chi connectivity index (χ4v) is 3.66. The van der Waals surface area contributed by atoms with E-state index < -0.39 is 21.5 Å². The van der Waals surface area contributed by atoms with E-state index in [4.69, 9.17) is 5.11 Å². The molecule has 1 aliphatic rings. The topological polar surface area (TPSA) is 113 Å². The zero-order chi connectivity index (χ0) is 18.5. The van der Waals surface area contributed by atoms with Crippen LogP contribution in [0.2, 0.25) is 0 Å². The normalized spacial score (nSPS) is 16.5. The summed E-state index contributed by atoms with van der Waals surface area (Å²) in [7, 11) is -3.26. The number of rotatable bonds is 8. The number of nitrogens with one attached hydrogen (secondary N) is 2. The van der Waals surface area contributed by atoms with Crippen LogP contribution in [0.25, 0.3) is 0 Å². The minimum Gasteiger partial charge on any atom is -0.481 e.